The van der Waals surface area contributed by atoms with E-state index in [1.165, 1.54) is 11.1 Å². The van der Waals surface area contributed by atoms with Crippen molar-refractivity contribution in [3.05, 3.63) is 45.4 Å². The number of nitrogens with zero attached hydrogens (tertiary/aromatic N) is 2. The van der Waals surface area contributed by atoms with Crippen molar-refractivity contribution < 1.29 is 4.92 Å². The van der Waals surface area contributed by atoms with E-state index < -0.39 is 4.92 Å². The van der Waals surface area contributed by atoms with Crippen molar-refractivity contribution in [2.75, 3.05) is 45.7 Å². The van der Waals surface area contributed by atoms with Crippen molar-refractivity contribution in [2.45, 2.75) is 13.8 Å². The van der Waals surface area contributed by atoms with Crippen LogP contribution in [-0.4, -0.2) is 55.6 Å². The fraction of sp³-hybridized carbons (Fsp3) is 0.600. The first-order valence-corrected chi connectivity index (χ1v) is 8.33. The van der Waals surface area contributed by atoms with Gasteiger partial charge in [-0.3, -0.25) is 10.1 Å². The van der Waals surface area contributed by atoms with E-state index in [-0.39, 0.29) is 0 Å². The van der Waals surface area contributed by atoms with E-state index in [0.717, 1.165) is 24.3 Å². The summed E-state index contributed by atoms with van der Waals surface area (Å²) in [6, 6.07) is 0. The molecule has 0 fully saturated rings. The zero-order valence-electron chi connectivity index (χ0n) is 14.2. The van der Waals surface area contributed by atoms with Crippen molar-refractivity contribution in [3.8, 4) is 0 Å². The van der Waals surface area contributed by atoms with Crippen LogP contribution in [0.2, 0.25) is 0 Å². The number of rotatable bonds is 11. The zero-order chi connectivity index (χ0) is 17.0. The van der Waals surface area contributed by atoms with Gasteiger partial charge in [0.1, 0.15) is 0 Å². The largest absolute Gasteiger partial charge is 0.370 e. The van der Waals surface area contributed by atoms with Crippen LogP contribution in [0.4, 0.5) is 0 Å². The van der Waals surface area contributed by atoms with Crippen molar-refractivity contribution in [1.82, 2.24) is 15.5 Å². The predicted molar refractivity (Wildman–Crippen MR) is 95.5 cm³/mol. The highest BCUT2D eigenvalue weighted by atomic mass is 32.2. The third-order valence-corrected chi connectivity index (χ3v) is 3.77. The van der Waals surface area contributed by atoms with Gasteiger partial charge in [0, 0.05) is 31.6 Å². The van der Waals surface area contributed by atoms with Gasteiger partial charge in [-0.05, 0) is 27.9 Å². The zero-order valence-corrected chi connectivity index (χ0v) is 15.0. The Hall–Kier alpha value is -1.47. The monoisotopic (exact) mass is 328 g/mol. The third kappa shape index (κ3) is 12.3. The van der Waals surface area contributed by atoms with E-state index in [0.29, 0.717) is 12.4 Å². The van der Waals surface area contributed by atoms with Crippen LogP contribution in [0.25, 0.3) is 0 Å². The molecule has 0 aliphatic rings. The molecule has 0 bridgehead atoms. The summed E-state index contributed by atoms with van der Waals surface area (Å²) >= 11 is 1.80. The summed E-state index contributed by atoms with van der Waals surface area (Å²) in [6.07, 6.45) is 5.26. The highest BCUT2D eigenvalue weighted by molar-refractivity contribution is 7.99. The van der Waals surface area contributed by atoms with Crippen LogP contribution in [-0.2, 0) is 0 Å². The molecule has 2 N–H and O–H groups in total. The molecule has 0 aliphatic carbocycles. The van der Waals surface area contributed by atoms with Gasteiger partial charge in [0.2, 0.25) is 0 Å². The maximum atomic E-state index is 10.4. The number of nitrogens with one attached hydrogen (secondary N) is 2. The number of nitro groups is 1. The summed E-state index contributed by atoms with van der Waals surface area (Å²) in [4.78, 5) is 12.0. The van der Waals surface area contributed by atoms with Crippen molar-refractivity contribution in [3.63, 3.8) is 0 Å². The van der Waals surface area contributed by atoms with E-state index in [9.17, 15) is 10.1 Å². The molecule has 0 saturated carbocycles. The highest BCUT2D eigenvalue weighted by Crippen LogP contribution is 2.08. The Morgan fingerprint density at radius 3 is 2.45 bits per heavy atom. The molecular weight excluding hydrogens is 300 g/mol. The van der Waals surface area contributed by atoms with Gasteiger partial charge in [-0.2, -0.15) is 11.8 Å². The number of hydrogen-bond acceptors (Lipinski definition) is 6. The molecular formula is C15H28N4O2S. The predicted octanol–water partition coefficient (Wildman–Crippen LogP) is 2.06. The second-order valence-corrected chi connectivity index (χ2v) is 6.43. The molecule has 0 rings (SSSR count). The minimum absolute atomic E-state index is 0.431. The van der Waals surface area contributed by atoms with Crippen LogP contribution < -0.4 is 10.6 Å². The normalized spacial score (nSPS) is 13.5. The summed E-state index contributed by atoms with van der Waals surface area (Å²) in [5.74, 6) is 2.28. The lowest BCUT2D eigenvalue weighted by Gasteiger charge is -2.09. The fourth-order valence-electron chi connectivity index (χ4n) is 1.68. The lowest BCUT2D eigenvalue weighted by molar-refractivity contribution is -0.404. The van der Waals surface area contributed by atoms with Crippen LogP contribution in [0, 0.1) is 10.1 Å². The first-order valence-electron chi connectivity index (χ1n) is 7.17. The lowest BCUT2D eigenvalue weighted by atomic mass is 10.2. The molecule has 22 heavy (non-hydrogen) atoms. The summed E-state index contributed by atoms with van der Waals surface area (Å²) in [5, 5.41) is 16.1. The Morgan fingerprint density at radius 2 is 1.91 bits per heavy atom. The standard InChI is InChI=1S/C15H28N4O2S/c1-13(10-18(4)5)6-7-14(2)12-22-9-8-17-15(16-3)11-19(20)21/h6-7,11,16-17H,8-10,12H2,1-5H3/b13-6+,14-7+,15-11-. The average Bonchev–Trinajstić information content (AvgIpc) is 2.42. The summed E-state index contributed by atoms with van der Waals surface area (Å²) in [6.45, 7) is 5.90. The van der Waals surface area contributed by atoms with Crippen molar-refractivity contribution >= 4 is 11.8 Å². The van der Waals surface area contributed by atoms with E-state index in [1.807, 2.05) is 0 Å². The number of thioether (sulfide) groups is 1. The molecule has 0 atom stereocenters. The van der Waals surface area contributed by atoms with Crippen LogP contribution >= 0.6 is 11.8 Å². The van der Waals surface area contributed by atoms with Gasteiger partial charge in [-0.15, -0.1) is 0 Å². The molecule has 0 radical (unpaired) electrons. The second kappa shape index (κ2) is 12.1. The molecule has 0 amide bonds. The topological polar surface area (TPSA) is 70.4 Å². The maximum Gasteiger partial charge on any atom is 0.274 e. The number of hydrogen-bond donors (Lipinski definition) is 2. The van der Waals surface area contributed by atoms with Crippen LogP contribution in [0.1, 0.15) is 13.8 Å². The quantitative estimate of drug-likeness (QED) is 0.262. The molecule has 0 saturated heterocycles. The summed E-state index contributed by atoms with van der Waals surface area (Å²) in [5.41, 5.74) is 2.65. The molecule has 0 spiro atoms. The van der Waals surface area contributed by atoms with Crippen molar-refractivity contribution in [1.29, 1.82) is 0 Å². The molecule has 0 aromatic rings. The highest BCUT2D eigenvalue weighted by Gasteiger charge is 1.99. The SMILES string of the molecule is CN/C(=C/[N+](=O)[O-])NCCSC/C(C)=C/C=C(\C)CN(C)C. The molecule has 6 nitrogen and oxygen atoms in total. The summed E-state index contributed by atoms with van der Waals surface area (Å²) < 4.78 is 0. The minimum Gasteiger partial charge on any atom is -0.370 e. The van der Waals surface area contributed by atoms with Gasteiger partial charge in [0.15, 0.2) is 5.82 Å². The second-order valence-electron chi connectivity index (χ2n) is 5.32. The Morgan fingerprint density at radius 1 is 1.27 bits per heavy atom. The van der Waals surface area contributed by atoms with E-state index in [2.05, 4.69) is 55.6 Å². The Kier molecular flexibility index (Phi) is 11.3. The maximum absolute atomic E-state index is 10.4. The van der Waals surface area contributed by atoms with Crippen molar-refractivity contribution in [2.24, 2.45) is 0 Å². The Bertz CT molecular complexity index is 431. The molecule has 0 heterocycles. The van der Waals surface area contributed by atoms with Gasteiger partial charge in [0.05, 0.1) is 4.92 Å². The molecule has 126 valence electrons. The third-order valence-electron chi connectivity index (χ3n) is 2.61. The Labute approximate surface area is 137 Å². The first kappa shape index (κ1) is 20.5. The number of likely N-dealkylation sites (N-methyl/N-ethyl adjacent to an activating group) is 1. The number of allylic oxidation sites excluding steroid dienone is 2. The van der Waals surface area contributed by atoms with Gasteiger partial charge in [0.25, 0.3) is 6.20 Å². The fourth-order valence-corrected chi connectivity index (χ4v) is 2.49. The van der Waals surface area contributed by atoms with Crippen LogP contribution in [0.15, 0.2) is 35.3 Å². The minimum atomic E-state index is -0.471. The summed E-state index contributed by atoms with van der Waals surface area (Å²) in [7, 11) is 5.78. The molecule has 0 aromatic heterocycles. The molecule has 0 unspecified atom stereocenters. The van der Waals surface area contributed by atoms with E-state index in [4.69, 9.17) is 0 Å². The van der Waals surface area contributed by atoms with E-state index in [1.54, 1.807) is 18.8 Å². The van der Waals surface area contributed by atoms with Crippen LogP contribution in [0.5, 0.6) is 0 Å². The molecule has 0 aliphatic heterocycles. The molecule has 7 heteroatoms. The van der Waals surface area contributed by atoms with E-state index >= 15 is 0 Å². The first-order chi connectivity index (χ1) is 10.3. The Balaban J connectivity index is 3.98. The van der Waals surface area contributed by atoms with Gasteiger partial charge in [-0.1, -0.05) is 23.3 Å². The van der Waals surface area contributed by atoms with Crippen LogP contribution in [0.3, 0.4) is 0 Å². The lowest BCUT2D eigenvalue weighted by Crippen LogP contribution is -2.26. The smallest absolute Gasteiger partial charge is 0.274 e. The van der Waals surface area contributed by atoms with Gasteiger partial charge < -0.3 is 15.5 Å². The van der Waals surface area contributed by atoms with Gasteiger partial charge in [-0.25, -0.2) is 0 Å². The molecule has 0 aromatic carbocycles. The van der Waals surface area contributed by atoms with Gasteiger partial charge >= 0.3 is 0 Å². The average molecular weight is 328 g/mol.